The van der Waals surface area contributed by atoms with Crippen molar-refractivity contribution in [1.29, 1.82) is 0 Å². The number of unbranched alkanes of at least 4 members (excludes halogenated alkanes) is 1. The lowest BCUT2D eigenvalue weighted by Gasteiger charge is -2.08. The van der Waals surface area contributed by atoms with E-state index < -0.39 is 6.10 Å². The number of hydrogen-bond donors (Lipinski definition) is 3. The summed E-state index contributed by atoms with van der Waals surface area (Å²) in [6.07, 6.45) is 1.35. The van der Waals surface area contributed by atoms with Crippen LogP contribution in [0.2, 0.25) is 0 Å². The SMILES string of the molecule is COCCOCCCCNCC(O)CO. The summed E-state index contributed by atoms with van der Waals surface area (Å²) in [5.41, 5.74) is 0. The number of ether oxygens (including phenoxy) is 2. The zero-order chi connectivity index (χ0) is 11.4. The van der Waals surface area contributed by atoms with Crippen molar-refractivity contribution in [1.82, 2.24) is 5.32 Å². The van der Waals surface area contributed by atoms with E-state index in [9.17, 15) is 0 Å². The molecule has 0 radical (unpaired) electrons. The first-order valence-electron chi connectivity index (χ1n) is 5.37. The number of aliphatic hydroxyl groups excluding tert-OH is 2. The number of methoxy groups -OCH3 is 1. The van der Waals surface area contributed by atoms with Crippen molar-refractivity contribution in [3.63, 3.8) is 0 Å². The summed E-state index contributed by atoms with van der Waals surface area (Å²) in [6.45, 7) is 3.13. The average Bonchev–Trinajstić information content (AvgIpc) is 2.26. The van der Waals surface area contributed by atoms with Gasteiger partial charge in [-0.2, -0.15) is 0 Å². The number of hydrogen-bond acceptors (Lipinski definition) is 5. The minimum atomic E-state index is -0.650. The largest absolute Gasteiger partial charge is 0.394 e. The molecule has 1 unspecified atom stereocenters. The van der Waals surface area contributed by atoms with Gasteiger partial charge >= 0.3 is 0 Å². The first-order chi connectivity index (χ1) is 7.31. The van der Waals surface area contributed by atoms with Gasteiger partial charge in [0.25, 0.3) is 0 Å². The highest BCUT2D eigenvalue weighted by molar-refractivity contribution is 4.56. The molecule has 0 spiro atoms. The van der Waals surface area contributed by atoms with Crippen molar-refractivity contribution < 1.29 is 19.7 Å². The van der Waals surface area contributed by atoms with Crippen LogP contribution in [0.15, 0.2) is 0 Å². The fourth-order valence-corrected chi connectivity index (χ4v) is 1.03. The Kier molecular flexibility index (Phi) is 11.7. The van der Waals surface area contributed by atoms with Gasteiger partial charge in [-0.25, -0.2) is 0 Å². The molecular weight excluding hydrogens is 198 g/mol. The molecule has 5 heteroatoms. The summed E-state index contributed by atoms with van der Waals surface area (Å²) < 4.78 is 10.1. The maximum absolute atomic E-state index is 9.01. The van der Waals surface area contributed by atoms with Crippen LogP contribution in [0.25, 0.3) is 0 Å². The maximum atomic E-state index is 9.01. The van der Waals surface area contributed by atoms with Crippen LogP contribution in [0.1, 0.15) is 12.8 Å². The van der Waals surface area contributed by atoms with E-state index in [1.165, 1.54) is 0 Å². The second-order valence-electron chi connectivity index (χ2n) is 3.35. The molecule has 0 bridgehead atoms. The molecule has 0 aliphatic heterocycles. The predicted octanol–water partition coefficient (Wildman–Crippen LogP) is -0.628. The maximum Gasteiger partial charge on any atom is 0.0894 e. The second-order valence-corrected chi connectivity index (χ2v) is 3.35. The van der Waals surface area contributed by atoms with Crippen molar-refractivity contribution in [2.75, 3.05) is 46.6 Å². The molecule has 1 atom stereocenters. The van der Waals surface area contributed by atoms with Crippen LogP contribution in [0, 0.1) is 0 Å². The van der Waals surface area contributed by atoms with E-state index in [0.29, 0.717) is 19.8 Å². The second kappa shape index (κ2) is 11.9. The van der Waals surface area contributed by atoms with Crippen LogP contribution in [-0.2, 0) is 9.47 Å². The molecule has 0 aliphatic carbocycles. The van der Waals surface area contributed by atoms with Crippen molar-refractivity contribution in [2.24, 2.45) is 0 Å². The van der Waals surface area contributed by atoms with E-state index in [1.807, 2.05) is 0 Å². The normalized spacial score (nSPS) is 13.0. The molecule has 92 valence electrons. The van der Waals surface area contributed by atoms with Crippen LogP contribution in [0.4, 0.5) is 0 Å². The fourth-order valence-electron chi connectivity index (χ4n) is 1.03. The van der Waals surface area contributed by atoms with Gasteiger partial charge in [0.15, 0.2) is 0 Å². The van der Waals surface area contributed by atoms with Gasteiger partial charge in [-0.1, -0.05) is 0 Å². The molecule has 15 heavy (non-hydrogen) atoms. The van der Waals surface area contributed by atoms with Crippen molar-refractivity contribution in [3.05, 3.63) is 0 Å². The Balaban J connectivity index is 2.92. The first-order valence-corrected chi connectivity index (χ1v) is 5.37. The first kappa shape index (κ1) is 14.8. The van der Waals surface area contributed by atoms with Gasteiger partial charge in [0.05, 0.1) is 25.9 Å². The van der Waals surface area contributed by atoms with E-state index in [1.54, 1.807) is 7.11 Å². The Morgan fingerprint density at radius 3 is 2.67 bits per heavy atom. The molecule has 0 aromatic carbocycles. The summed E-state index contributed by atoms with van der Waals surface area (Å²) in [5, 5.41) is 20.6. The van der Waals surface area contributed by atoms with Gasteiger partial charge < -0.3 is 25.0 Å². The summed E-state index contributed by atoms with van der Waals surface area (Å²) in [7, 11) is 1.65. The van der Waals surface area contributed by atoms with Gasteiger partial charge in [0.2, 0.25) is 0 Å². The minimum absolute atomic E-state index is 0.187. The summed E-state index contributed by atoms with van der Waals surface area (Å²) in [4.78, 5) is 0. The quantitative estimate of drug-likeness (QED) is 0.405. The summed E-state index contributed by atoms with van der Waals surface area (Å²) in [5.74, 6) is 0. The Morgan fingerprint density at radius 1 is 1.20 bits per heavy atom. The van der Waals surface area contributed by atoms with E-state index in [-0.39, 0.29) is 6.61 Å². The molecule has 0 heterocycles. The molecule has 0 saturated heterocycles. The van der Waals surface area contributed by atoms with E-state index in [4.69, 9.17) is 19.7 Å². The van der Waals surface area contributed by atoms with Crippen LogP contribution >= 0.6 is 0 Å². The van der Waals surface area contributed by atoms with E-state index in [2.05, 4.69) is 5.32 Å². The van der Waals surface area contributed by atoms with Crippen molar-refractivity contribution >= 4 is 0 Å². The Labute approximate surface area is 91.4 Å². The number of aliphatic hydroxyl groups is 2. The molecule has 0 aromatic rings. The lowest BCUT2D eigenvalue weighted by atomic mass is 10.3. The average molecular weight is 221 g/mol. The monoisotopic (exact) mass is 221 g/mol. The van der Waals surface area contributed by atoms with Gasteiger partial charge in [0.1, 0.15) is 0 Å². The third kappa shape index (κ3) is 11.7. The Morgan fingerprint density at radius 2 is 2.00 bits per heavy atom. The number of nitrogens with one attached hydrogen (secondary N) is 1. The molecule has 0 saturated carbocycles. The van der Waals surface area contributed by atoms with Crippen LogP contribution < -0.4 is 5.32 Å². The van der Waals surface area contributed by atoms with Gasteiger partial charge in [0, 0.05) is 20.3 Å². The molecular formula is C10H23NO4. The van der Waals surface area contributed by atoms with Crippen LogP contribution in [0.3, 0.4) is 0 Å². The van der Waals surface area contributed by atoms with E-state index >= 15 is 0 Å². The molecule has 0 aromatic heterocycles. The third-order valence-corrected chi connectivity index (χ3v) is 1.91. The highest BCUT2D eigenvalue weighted by Crippen LogP contribution is 1.89. The Bertz CT molecular complexity index is 124. The van der Waals surface area contributed by atoms with Gasteiger partial charge in [-0.3, -0.25) is 0 Å². The lowest BCUT2D eigenvalue weighted by molar-refractivity contribution is 0.0684. The molecule has 0 aliphatic rings. The van der Waals surface area contributed by atoms with Crippen molar-refractivity contribution in [2.45, 2.75) is 18.9 Å². The topological polar surface area (TPSA) is 71.0 Å². The van der Waals surface area contributed by atoms with Gasteiger partial charge in [-0.05, 0) is 19.4 Å². The predicted molar refractivity (Wildman–Crippen MR) is 57.9 cm³/mol. The molecule has 3 N–H and O–H groups in total. The lowest BCUT2D eigenvalue weighted by Crippen LogP contribution is -2.30. The molecule has 0 amide bonds. The summed E-state index contributed by atoms with van der Waals surface area (Å²) in [6, 6.07) is 0. The molecule has 0 rings (SSSR count). The molecule has 0 fully saturated rings. The fraction of sp³-hybridized carbons (Fsp3) is 1.00. The smallest absolute Gasteiger partial charge is 0.0894 e. The molecule has 5 nitrogen and oxygen atoms in total. The zero-order valence-corrected chi connectivity index (χ0v) is 9.45. The van der Waals surface area contributed by atoms with Gasteiger partial charge in [-0.15, -0.1) is 0 Å². The minimum Gasteiger partial charge on any atom is -0.394 e. The summed E-state index contributed by atoms with van der Waals surface area (Å²) >= 11 is 0. The van der Waals surface area contributed by atoms with Crippen LogP contribution in [0.5, 0.6) is 0 Å². The highest BCUT2D eigenvalue weighted by Gasteiger charge is 1.99. The highest BCUT2D eigenvalue weighted by atomic mass is 16.5. The van der Waals surface area contributed by atoms with E-state index in [0.717, 1.165) is 26.0 Å². The van der Waals surface area contributed by atoms with Crippen LogP contribution in [-0.4, -0.2) is 62.9 Å². The third-order valence-electron chi connectivity index (χ3n) is 1.91. The Hall–Kier alpha value is -0.200. The zero-order valence-electron chi connectivity index (χ0n) is 9.45. The van der Waals surface area contributed by atoms with Crippen molar-refractivity contribution in [3.8, 4) is 0 Å². The number of rotatable bonds is 11. The standard InChI is InChI=1S/C10H23NO4/c1-14-6-7-15-5-3-2-4-11-8-10(13)9-12/h10-13H,2-9H2,1H3.